The summed E-state index contributed by atoms with van der Waals surface area (Å²) in [6.45, 7) is 10.3. The summed E-state index contributed by atoms with van der Waals surface area (Å²) in [5.41, 5.74) is 1.11. The Bertz CT molecular complexity index is 1230. The molecule has 1 fully saturated rings. The Hall–Kier alpha value is -3.96. The Labute approximate surface area is 216 Å². The molecule has 196 valence electrons. The van der Waals surface area contributed by atoms with Gasteiger partial charge in [-0.1, -0.05) is 0 Å². The fraction of sp³-hybridized carbons (Fsp3) is 0.520. The molecule has 0 aromatic carbocycles. The van der Waals surface area contributed by atoms with Gasteiger partial charge in [-0.3, -0.25) is 0 Å². The fourth-order valence-electron chi connectivity index (χ4n) is 4.61. The zero-order valence-corrected chi connectivity index (χ0v) is 21.7. The van der Waals surface area contributed by atoms with Crippen molar-refractivity contribution in [2.45, 2.75) is 58.6 Å². The molecular formula is C25H33N9O3. The SMILES string of the molecule is Cc1nc(-n2cncn2)ccc1Nc1ncnc2c1OCCCN2C1CCN(C(=O)OC(C)(C)C)CC1. The van der Waals surface area contributed by atoms with E-state index in [9.17, 15) is 4.79 Å². The van der Waals surface area contributed by atoms with E-state index in [1.165, 1.54) is 6.33 Å². The summed E-state index contributed by atoms with van der Waals surface area (Å²) in [6.07, 6.45) is 6.93. The number of nitrogens with zero attached hydrogens (tertiary/aromatic N) is 8. The second kappa shape index (κ2) is 10.2. The fourth-order valence-corrected chi connectivity index (χ4v) is 4.61. The first-order valence-corrected chi connectivity index (χ1v) is 12.6. The molecule has 1 amide bonds. The summed E-state index contributed by atoms with van der Waals surface area (Å²) in [5, 5.41) is 7.53. The van der Waals surface area contributed by atoms with E-state index in [2.05, 4.69) is 35.3 Å². The zero-order valence-electron chi connectivity index (χ0n) is 21.7. The highest BCUT2D eigenvalue weighted by atomic mass is 16.6. The zero-order chi connectivity index (χ0) is 26.0. The first kappa shape index (κ1) is 24.7. The molecule has 0 atom stereocenters. The Morgan fingerprint density at radius 1 is 1.14 bits per heavy atom. The van der Waals surface area contributed by atoms with Gasteiger partial charge in [-0.25, -0.2) is 29.4 Å². The number of rotatable bonds is 4. The summed E-state index contributed by atoms with van der Waals surface area (Å²) < 4.78 is 13.3. The first-order chi connectivity index (χ1) is 17.8. The van der Waals surface area contributed by atoms with E-state index < -0.39 is 5.60 Å². The average molecular weight is 508 g/mol. The Balaban J connectivity index is 1.33. The lowest BCUT2D eigenvalue weighted by atomic mass is 10.0. The number of aryl methyl sites for hydroxylation is 1. The van der Waals surface area contributed by atoms with Crippen LogP contribution in [0.1, 0.15) is 45.7 Å². The van der Waals surface area contributed by atoms with Gasteiger partial charge in [-0.2, -0.15) is 5.10 Å². The molecule has 0 aliphatic carbocycles. The van der Waals surface area contributed by atoms with E-state index in [0.29, 0.717) is 37.1 Å². The molecule has 0 saturated carbocycles. The van der Waals surface area contributed by atoms with E-state index in [4.69, 9.17) is 9.47 Å². The Kier molecular flexibility index (Phi) is 6.81. The number of anilines is 3. The van der Waals surface area contributed by atoms with Gasteiger partial charge in [0.1, 0.15) is 24.6 Å². The van der Waals surface area contributed by atoms with E-state index in [0.717, 1.165) is 43.0 Å². The largest absolute Gasteiger partial charge is 0.486 e. The minimum Gasteiger partial charge on any atom is -0.486 e. The number of piperidine rings is 1. The van der Waals surface area contributed by atoms with Crippen LogP contribution < -0.4 is 15.0 Å². The highest BCUT2D eigenvalue weighted by Gasteiger charge is 2.33. The van der Waals surface area contributed by atoms with Crippen LogP contribution in [-0.2, 0) is 4.74 Å². The number of ether oxygens (including phenoxy) is 2. The Morgan fingerprint density at radius 3 is 2.65 bits per heavy atom. The molecule has 3 aromatic rings. The lowest BCUT2D eigenvalue weighted by Crippen LogP contribution is -2.48. The molecule has 0 unspecified atom stereocenters. The number of likely N-dealkylation sites (tertiary alicyclic amines) is 1. The number of aromatic nitrogens is 6. The molecule has 2 aliphatic rings. The molecular weight excluding hydrogens is 474 g/mol. The van der Waals surface area contributed by atoms with Gasteiger partial charge in [0.2, 0.25) is 5.75 Å². The summed E-state index contributed by atoms with van der Waals surface area (Å²) in [4.78, 5) is 34.3. The maximum absolute atomic E-state index is 12.5. The molecule has 2 aliphatic heterocycles. The van der Waals surface area contributed by atoms with Gasteiger partial charge in [-0.15, -0.1) is 0 Å². The number of carbonyl (C=O) groups excluding carboxylic acids is 1. The summed E-state index contributed by atoms with van der Waals surface area (Å²) >= 11 is 0. The second-order valence-corrected chi connectivity index (χ2v) is 10.2. The van der Waals surface area contributed by atoms with Gasteiger partial charge < -0.3 is 24.6 Å². The number of pyridine rings is 1. The highest BCUT2D eigenvalue weighted by Crippen LogP contribution is 2.38. The molecule has 0 bridgehead atoms. The smallest absolute Gasteiger partial charge is 0.410 e. The predicted molar refractivity (Wildman–Crippen MR) is 137 cm³/mol. The number of amides is 1. The molecule has 0 radical (unpaired) electrons. The van der Waals surface area contributed by atoms with Crippen LogP contribution in [0.4, 0.5) is 22.1 Å². The van der Waals surface area contributed by atoms with Crippen molar-refractivity contribution < 1.29 is 14.3 Å². The third kappa shape index (κ3) is 5.57. The molecule has 37 heavy (non-hydrogen) atoms. The number of fused-ring (bicyclic) bond motifs is 1. The third-order valence-electron chi connectivity index (χ3n) is 6.38. The molecule has 1 N–H and O–H groups in total. The molecule has 5 rings (SSSR count). The second-order valence-electron chi connectivity index (χ2n) is 10.2. The van der Waals surface area contributed by atoms with Gasteiger partial charge in [0.25, 0.3) is 0 Å². The number of carbonyl (C=O) groups is 1. The van der Waals surface area contributed by atoms with Crippen molar-refractivity contribution in [2.24, 2.45) is 0 Å². The van der Waals surface area contributed by atoms with Crippen molar-refractivity contribution in [1.82, 2.24) is 34.6 Å². The Morgan fingerprint density at radius 2 is 1.95 bits per heavy atom. The summed E-state index contributed by atoms with van der Waals surface area (Å²) in [5.74, 6) is 2.69. The van der Waals surface area contributed by atoms with Crippen molar-refractivity contribution >= 4 is 23.4 Å². The molecule has 5 heterocycles. The van der Waals surface area contributed by atoms with Gasteiger partial charge >= 0.3 is 6.09 Å². The van der Waals surface area contributed by atoms with Crippen LogP contribution in [0, 0.1) is 6.92 Å². The van der Waals surface area contributed by atoms with Crippen LogP contribution >= 0.6 is 0 Å². The standard InChI is InChI=1S/C25H33N9O3/c1-17-19(6-7-20(30-17)34-16-26-14-29-34)31-22-21-23(28-15-27-22)33(10-5-13-36-21)18-8-11-32(12-9-18)24(35)37-25(2,3)4/h6-7,14-16,18H,5,8-13H2,1-4H3,(H,27,28,31). The van der Waals surface area contributed by atoms with Crippen molar-refractivity contribution in [3.8, 4) is 11.6 Å². The number of hydrogen-bond donors (Lipinski definition) is 1. The maximum atomic E-state index is 12.5. The highest BCUT2D eigenvalue weighted by molar-refractivity contribution is 5.72. The maximum Gasteiger partial charge on any atom is 0.410 e. The number of nitrogens with one attached hydrogen (secondary N) is 1. The van der Waals surface area contributed by atoms with Crippen LogP contribution in [0.3, 0.4) is 0 Å². The summed E-state index contributed by atoms with van der Waals surface area (Å²) in [6, 6.07) is 4.05. The lowest BCUT2D eigenvalue weighted by Gasteiger charge is -2.39. The van der Waals surface area contributed by atoms with Crippen LogP contribution in [0.15, 0.2) is 31.1 Å². The molecule has 12 nitrogen and oxygen atoms in total. The van der Waals surface area contributed by atoms with Gasteiger partial charge in [-0.05, 0) is 59.1 Å². The lowest BCUT2D eigenvalue weighted by molar-refractivity contribution is 0.0204. The molecule has 1 saturated heterocycles. The van der Waals surface area contributed by atoms with Crippen LogP contribution in [0.25, 0.3) is 5.82 Å². The van der Waals surface area contributed by atoms with Gasteiger partial charge in [0.05, 0.1) is 18.0 Å². The minimum atomic E-state index is -0.500. The molecule has 12 heteroatoms. The van der Waals surface area contributed by atoms with E-state index >= 15 is 0 Å². The first-order valence-electron chi connectivity index (χ1n) is 12.6. The van der Waals surface area contributed by atoms with Crippen LogP contribution in [0.2, 0.25) is 0 Å². The molecule has 0 spiro atoms. The van der Waals surface area contributed by atoms with E-state index in [-0.39, 0.29) is 12.1 Å². The van der Waals surface area contributed by atoms with Crippen LogP contribution in [-0.4, -0.2) is 78.6 Å². The van der Waals surface area contributed by atoms with E-state index in [1.54, 1.807) is 22.2 Å². The molecule has 3 aromatic heterocycles. The number of hydrogen-bond acceptors (Lipinski definition) is 10. The normalized spacial score (nSPS) is 16.5. The van der Waals surface area contributed by atoms with Crippen LogP contribution in [0.5, 0.6) is 5.75 Å². The summed E-state index contributed by atoms with van der Waals surface area (Å²) in [7, 11) is 0. The predicted octanol–water partition coefficient (Wildman–Crippen LogP) is 3.49. The average Bonchev–Trinajstić information content (AvgIpc) is 3.31. The van der Waals surface area contributed by atoms with E-state index in [1.807, 2.05) is 39.8 Å². The third-order valence-corrected chi connectivity index (χ3v) is 6.38. The van der Waals surface area contributed by atoms with Crippen molar-refractivity contribution in [3.05, 3.63) is 36.8 Å². The quantitative estimate of drug-likeness (QED) is 0.561. The van der Waals surface area contributed by atoms with Crippen molar-refractivity contribution in [1.29, 1.82) is 0 Å². The monoisotopic (exact) mass is 507 g/mol. The van der Waals surface area contributed by atoms with Crippen molar-refractivity contribution in [3.63, 3.8) is 0 Å². The van der Waals surface area contributed by atoms with Crippen molar-refractivity contribution in [2.75, 3.05) is 36.5 Å². The van der Waals surface area contributed by atoms with Gasteiger partial charge in [0.15, 0.2) is 17.5 Å². The minimum absolute atomic E-state index is 0.243. The van der Waals surface area contributed by atoms with Gasteiger partial charge in [0, 0.05) is 25.7 Å². The topological polar surface area (TPSA) is 123 Å².